The summed E-state index contributed by atoms with van der Waals surface area (Å²) in [5.74, 6) is -2.35. The van der Waals surface area contributed by atoms with Crippen LogP contribution >= 0.6 is 11.3 Å². The van der Waals surface area contributed by atoms with Gasteiger partial charge in [0.2, 0.25) is 5.91 Å². The van der Waals surface area contributed by atoms with Crippen LogP contribution in [0.1, 0.15) is 39.3 Å². The average Bonchev–Trinajstić information content (AvgIpc) is 3.30. The molecule has 158 valence electrons. The number of Topliss-reactive ketones (excluding diaryl/α,β-unsaturated/α-hetero) is 1. The number of ether oxygens (including phenoxy) is 1. The van der Waals surface area contributed by atoms with E-state index in [2.05, 4.69) is 16.2 Å². The van der Waals surface area contributed by atoms with Crippen LogP contribution in [0.25, 0.3) is 0 Å². The lowest BCUT2D eigenvalue weighted by molar-refractivity contribution is -0.148. The van der Waals surface area contributed by atoms with Crippen LogP contribution in [0.15, 0.2) is 47.8 Å². The molecule has 10 heteroatoms. The number of hydrogen-bond acceptors (Lipinski definition) is 7. The van der Waals surface area contributed by atoms with Gasteiger partial charge in [-0.25, -0.2) is 0 Å². The summed E-state index contributed by atoms with van der Waals surface area (Å²) in [6.45, 7) is -0.547. The summed E-state index contributed by atoms with van der Waals surface area (Å²) >= 11 is 1.32. The predicted molar refractivity (Wildman–Crippen MR) is 109 cm³/mol. The summed E-state index contributed by atoms with van der Waals surface area (Å²) in [5.41, 5.74) is 4.70. The fraction of sp³-hybridized carbons (Fsp3) is 0.250. The maximum Gasteiger partial charge on any atom is 0.308 e. The third-order valence-corrected chi connectivity index (χ3v) is 4.65. The van der Waals surface area contributed by atoms with Crippen LogP contribution in [-0.2, 0) is 19.1 Å². The molecule has 1 heterocycles. The smallest absolute Gasteiger partial charge is 0.308 e. The monoisotopic (exact) mass is 431 g/mol. The van der Waals surface area contributed by atoms with Gasteiger partial charge in [0.15, 0.2) is 12.4 Å². The molecule has 3 amide bonds. The highest BCUT2D eigenvalue weighted by molar-refractivity contribution is 7.12. The Kier molecular flexibility index (Phi) is 9.19. The lowest BCUT2D eigenvalue weighted by Crippen LogP contribution is -2.43. The van der Waals surface area contributed by atoms with Gasteiger partial charge in [0.05, 0.1) is 11.3 Å². The van der Waals surface area contributed by atoms with Crippen LogP contribution in [0, 0.1) is 0 Å². The predicted octanol–water partition coefficient (Wildman–Crippen LogP) is 1.22. The Morgan fingerprint density at radius 2 is 1.60 bits per heavy atom. The van der Waals surface area contributed by atoms with Crippen LogP contribution in [0.3, 0.4) is 0 Å². The van der Waals surface area contributed by atoms with Crippen LogP contribution < -0.4 is 16.2 Å². The third-order valence-electron chi connectivity index (χ3n) is 3.74. The van der Waals surface area contributed by atoms with Crippen molar-refractivity contribution < 1.29 is 28.7 Å². The van der Waals surface area contributed by atoms with E-state index in [1.807, 2.05) is 0 Å². The molecule has 0 bridgehead atoms. The van der Waals surface area contributed by atoms with Crippen molar-refractivity contribution in [3.63, 3.8) is 0 Å². The van der Waals surface area contributed by atoms with Gasteiger partial charge in [0.25, 0.3) is 11.8 Å². The first-order chi connectivity index (χ1) is 14.5. The maximum atomic E-state index is 11.8. The number of benzene rings is 1. The number of thiophene rings is 1. The van der Waals surface area contributed by atoms with Crippen molar-refractivity contribution in [2.24, 2.45) is 0 Å². The average molecular weight is 431 g/mol. The number of amides is 3. The molecule has 0 unspecified atom stereocenters. The van der Waals surface area contributed by atoms with E-state index in [0.717, 1.165) is 0 Å². The van der Waals surface area contributed by atoms with Crippen molar-refractivity contribution >= 4 is 40.8 Å². The summed E-state index contributed by atoms with van der Waals surface area (Å²) in [6, 6.07) is 11.7. The molecular weight excluding hydrogens is 410 g/mol. The lowest BCUT2D eigenvalue weighted by atomic mass is 10.2. The van der Waals surface area contributed by atoms with Crippen molar-refractivity contribution in [3.8, 4) is 0 Å². The van der Waals surface area contributed by atoms with Gasteiger partial charge in [-0.1, -0.05) is 24.3 Å². The van der Waals surface area contributed by atoms with Crippen LogP contribution in [0.5, 0.6) is 0 Å². The second kappa shape index (κ2) is 12.1. The van der Waals surface area contributed by atoms with E-state index in [0.29, 0.717) is 10.4 Å². The van der Waals surface area contributed by atoms with Crippen molar-refractivity contribution in [2.45, 2.75) is 19.3 Å². The van der Waals surface area contributed by atoms with Crippen molar-refractivity contribution in [1.29, 1.82) is 0 Å². The highest BCUT2D eigenvalue weighted by Crippen LogP contribution is 2.12. The molecule has 9 nitrogen and oxygen atoms in total. The van der Waals surface area contributed by atoms with Crippen molar-refractivity contribution in [2.75, 3.05) is 13.2 Å². The molecular formula is C20H21N3O6S. The minimum absolute atomic E-state index is 0.0231. The number of rotatable bonds is 10. The molecule has 0 aliphatic carbocycles. The van der Waals surface area contributed by atoms with Crippen molar-refractivity contribution in [1.82, 2.24) is 16.2 Å². The third kappa shape index (κ3) is 8.23. The van der Waals surface area contributed by atoms with Crippen LogP contribution in [0.2, 0.25) is 0 Å². The summed E-state index contributed by atoms with van der Waals surface area (Å²) in [4.78, 5) is 59.1. The molecule has 1 aromatic heterocycles. The van der Waals surface area contributed by atoms with E-state index in [4.69, 9.17) is 4.74 Å². The fourth-order valence-electron chi connectivity index (χ4n) is 2.22. The Labute approximate surface area is 176 Å². The Balaban J connectivity index is 1.54. The molecule has 3 N–H and O–H groups in total. The summed E-state index contributed by atoms with van der Waals surface area (Å²) in [6.07, 6.45) is -0.0186. The van der Waals surface area contributed by atoms with Crippen LogP contribution in [-0.4, -0.2) is 42.6 Å². The molecule has 0 spiro atoms. The van der Waals surface area contributed by atoms with E-state index in [-0.39, 0.29) is 37.5 Å². The minimum Gasteiger partial charge on any atom is -0.455 e. The zero-order valence-corrected chi connectivity index (χ0v) is 16.8. The molecule has 30 heavy (non-hydrogen) atoms. The Morgan fingerprint density at radius 3 is 2.30 bits per heavy atom. The summed E-state index contributed by atoms with van der Waals surface area (Å²) < 4.78 is 4.76. The molecule has 0 aliphatic heterocycles. The first kappa shape index (κ1) is 22.8. The zero-order valence-electron chi connectivity index (χ0n) is 16.0. The second-order valence-corrected chi connectivity index (χ2v) is 6.98. The molecule has 1 aromatic carbocycles. The maximum absolute atomic E-state index is 11.8. The molecule has 0 atom stereocenters. The largest absolute Gasteiger partial charge is 0.455 e. The number of ketones is 1. The minimum atomic E-state index is -0.705. The number of carbonyl (C=O) groups is 5. The lowest BCUT2D eigenvalue weighted by Gasteiger charge is -2.08. The standard InChI is InChI=1S/C20H21N3O6S/c24-15(16-7-4-12-30-16)8-9-17(25)21-11-10-19(27)29-13-18(26)22-23-20(28)14-5-2-1-3-6-14/h1-7,12H,8-11,13H2,(H,21,25)(H,22,26)(H,23,28). The van der Waals surface area contributed by atoms with Gasteiger partial charge in [-0.15, -0.1) is 11.3 Å². The highest BCUT2D eigenvalue weighted by atomic mass is 32.1. The normalized spacial score (nSPS) is 10.0. The molecule has 2 rings (SSSR count). The highest BCUT2D eigenvalue weighted by Gasteiger charge is 2.12. The zero-order chi connectivity index (χ0) is 21.8. The molecule has 0 aliphatic rings. The Hall–Kier alpha value is -3.53. The van der Waals surface area contributed by atoms with Gasteiger partial charge in [-0.2, -0.15) is 0 Å². The first-order valence-corrected chi connectivity index (χ1v) is 9.97. The van der Waals surface area contributed by atoms with Gasteiger partial charge in [0.1, 0.15) is 0 Å². The molecule has 0 radical (unpaired) electrons. The van der Waals surface area contributed by atoms with Crippen molar-refractivity contribution in [3.05, 3.63) is 58.3 Å². The second-order valence-electron chi connectivity index (χ2n) is 6.03. The first-order valence-electron chi connectivity index (χ1n) is 9.09. The number of nitrogens with one attached hydrogen (secondary N) is 3. The van der Waals surface area contributed by atoms with E-state index < -0.39 is 24.4 Å². The summed E-state index contributed by atoms with van der Waals surface area (Å²) in [5, 5.41) is 4.30. The van der Waals surface area contributed by atoms with E-state index >= 15 is 0 Å². The summed E-state index contributed by atoms with van der Waals surface area (Å²) in [7, 11) is 0. The number of carbonyl (C=O) groups excluding carboxylic acids is 5. The SMILES string of the molecule is O=C(CCC(=O)c1cccs1)NCCC(=O)OCC(=O)NNC(=O)c1ccccc1. The van der Waals surface area contributed by atoms with Gasteiger partial charge in [-0.05, 0) is 23.6 Å². The molecule has 0 saturated heterocycles. The van der Waals surface area contributed by atoms with Crippen LogP contribution in [0.4, 0.5) is 0 Å². The van der Waals surface area contributed by atoms with E-state index in [1.165, 1.54) is 11.3 Å². The molecule has 2 aromatic rings. The van der Waals surface area contributed by atoms with Gasteiger partial charge in [-0.3, -0.25) is 34.8 Å². The van der Waals surface area contributed by atoms with Gasteiger partial charge in [0, 0.05) is 24.9 Å². The number of esters is 1. The Bertz CT molecular complexity index is 883. The molecule has 0 fully saturated rings. The topological polar surface area (TPSA) is 131 Å². The van der Waals surface area contributed by atoms with Gasteiger partial charge < -0.3 is 10.1 Å². The Morgan fingerprint density at radius 1 is 0.833 bits per heavy atom. The quantitative estimate of drug-likeness (QED) is 0.295. The van der Waals surface area contributed by atoms with E-state index in [1.54, 1.807) is 47.8 Å². The molecule has 0 saturated carbocycles. The number of hydrazine groups is 1. The number of hydrogen-bond donors (Lipinski definition) is 3. The van der Waals surface area contributed by atoms with Gasteiger partial charge >= 0.3 is 5.97 Å². The fourth-order valence-corrected chi connectivity index (χ4v) is 2.92. The van der Waals surface area contributed by atoms with E-state index in [9.17, 15) is 24.0 Å².